The SMILES string of the molecule is CC1(C)O[C@@H]2[C@@H]([C@@H](O[Si](C)(C)C(C)(C)C)[C@H]3C[C@H]4CO[C@H](O4)[C@H]3O[Si](C)(C)C(C)(C)C)N(C(=O)OCc3ccccc3)C[C@@H]2O1. The molecule has 4 aliphatic heterocycles. The number of nitrogens with zero attached hydrogens (tertiary/aromatic N) is 1. The Morgan fingerprint density at radius 3 is 2.27 bits per heavy atom. The number of carbonyl (C=O) groups excluding carboxylic acids is 1. The number of amides is 1. The molecule has 4 fully saturated rings. The van der Waals surface area contributed by atoms with Crippen molar-refractivity contribution in [2.24, 2.45) is 5.92 Å². The Bertz CT molecular complexity index is 1200. The van der Waals surface area contributed by atoms with Gasteiger partial charge in [-0.3, -0.25) is 4.90 Å². The summed E-state index contributed by atoms with van der Waals surface area (Å²) >= 11 is 0. The second-order valence-corrected chi connectivity index (χ2v) is 26.4. The van der Waals surface area contributed by atoms with Gasteiger partial charge >= 0.3 is 6.09 Å². The summed E-state index contributed by atoms with van der Waals surface area (Å²) in [6.45, 7) is 27.5. The van der Waals surface area contributed by atoms with Crippen LogP contribution in [-0.4, -0.2) is 89.4 Å². The lowest BCUT2D eigenvalue weighted by molar-refractivity contribution is -0.197. The van der Waals surface area contributed by atoms with Gasteiger partial charge in [-0.1, -0.05) is 71.9 Å². The van der Waals surface area contributed by atoms with E-state index >= 15 is 0 Å². The third kappa shape index (κ3) is 7.25. The molecule has 0 radical (unpaired) electrons. The van der Waals surface area contributed by atoms with E-state index in [2.05, 4.69) is 67.7 Å². The zero-order valence-electron chi connectivity index (χ0n) is 29.5. The topological polar surface area (TPSA) is 84.9 Å². The summed E-state index contributed by atoms with van der Waals surface area (Å²) < 4.78 is 46.3. The Balaban J connectivity index is 1.56. The molecule has 1 aromatic carbocycles. The van der Waals surface area contributed by atoms with E-state index in [1.165, 1.54) is 0 Å². The lowest BCUT2D eigenvalue weighted by Crippen LogP contribution is -2.62. The molecule has 11 heteroatoms. The van der Waals surface area contributed by atoms with Crippen molar-refractivity contribution in [3.05, 3.63) is 35.9 Å². The van der Waals surface area contributed by atoms with E-state index in [0.29, 0.717) is 19.6 Å². The number of rotatable bonds is 8. The average Bonchev–Trinajstić information content (AvgIpc) is 3.56. The van der Waals surface area contributed by atoms with Crippen LogP contribution in [0.25, 0.3) is 0 Å². The third-order valence-electron chi connectivity index (χ3n) is 11.0. The van der Waals surface area contributed by atoms with Crippen LogP contribution in [0.1, 0.15) is 67.4 Å². The van der Waals surface area contributed by atoms with E-state index < -0.39 is 40.9 Å². The summed E-state index contributed by atoms with van der Waals surface area (Å²) in [6, 6.07) is 9.33. The highest BCUT2D eigenvalue weighted by Gasteiger charge is 2.62. The summed E-state index contributed by atoms with van der Waals surface area (Å²) in [6.07, 6.45) is -1.66. The summed E-state index contributed by atoms with van der Waals surface area (Å²) in [5.74, 6) is -0.871. The van der Waals surface area contributed by atoms with Crippen molar-refractivity contribution in [1.29, 1.82) is 0 Å². The van der Waals surface area contributed by atoms with E-state index in [9.17, 15) is 4.79 Å². The van der Waals surface area contributed by atoms with Crippen LogP contribution in [-0.2, 0) is 39.1 Å². The van der Waals surface area contributed by atoms with E-state index in [0.717, 1.165) is 5.56 Å². The number of hydrogen-bond donors (Lipinski definition) is 0. The Morgan fingerprint density at radius 2 is 1.64 bits per heavy atom. The summed E-state index contributed by atoms with van der Waals surface area (Å²) in [5, 5.41) is -0.0778. The predicted molar refractivity (Wildman–Crippen MR) is 178 cm³/mol. The minimum absolute atomic E-state index is 0.0129. The first-order valence-electron chi connectivity index (χ1n) is 16.6. The second-order valence-electron chi connectivity index (χ2n) is 16.9. The fourth-order valence-electron chi connectivity index (χ4n) is 6.46. The fourth-order valence-corrected chi connectivity index (χ4v) is 9.13. The molecule has 8 atom stereocenters. The van der Waals surface area contributed by atoms with Crippen molar-refractivity contribution in [2.45, 2.75) is 153 Å². The van der Waals surface area contributed by atoms with E-state index in [4.69, 9.17) is 32.5 Å². The maximum atomic E-state index is 14.0. The molecule has 0 N–H and O–H groups in total. The Hall–Kier alpha value is -1.32. The molecule has 1 aromatic rings. The maximum absolute atomic E-state index is 14.0. The van der Waals surface area contributed by atoms with Gasteiger partial charge in [0.2, 0.25) is 0 Å². The number of carbonyl (C=O) groups is 1. The summed E-state index contributed by atoms with van der Waals surface area (Å²) in [4.78, 5) is 15.8. The van der Waals surface area contributed by atoms with Crippen LogP contribution < -0.4 is 0 Å². The van der Waals surface area contributed by atoms with E-state index in [-0.39, 0.29) is 53.1 Å². The molecule has 2 bridgehead atoms. The number of benzene rings is 1. The largest absolute Gasteiger partial charge is 0.445 e. The van der Waals surface area contributed by atoms with Crippen LogP contribution in [0.5, 0.6) is 0 Å². The average molecular weight is 664 g/mol. The van der Waals surface area contributed by atoms with Crippen LogP contribution in [0.15, 0.2) is 30.3 Å². The van der Waals surface area contributed by atoms with Crippen molar-refractivity contribution in [3.8, 4) is 0 Å². The first-order valence-corrected chi connectivity index (χ1v) is 22.5. The molecule has 254 valence electrons. The molecular weight excluding hydrogens is 607 g/mol. The van der Waals surface area contributed by atoms with Crippen molar-refractivity contribution < 1.29 is 37.3 Å². The molecule has 0 spiro atoms. The molecule has 0 aromatic heterocycles. The number of hydrogen-bond acceptors (Lipinski definition) is 8. The Labute approximate surface area is 272 Å². The van der Waals surface area contributed by atoms with Gasteiger partial charge in [-0.2, -0.15) is 0 Å². The van der Waals surface area contributed by atoms with Crippen molar-refractivity contribution in [2.75, 3.05) is 13.2 Å². The molecule has 0 aliphatic carbocycles. The molecule has 45 heavy (non-hydrogen) atoms. The van der Waals surface area contributed by atoms with Gasteiger partial charge in [-0.25, -0.2) is 4.79 Å². The van der Waals surface area contributed by atoms with Crippen LogP contribution in [0.4, 0.5) is 4.79 Å². The molecule has 0 saturated carbocycles. The van der Waals surface area contributed by atoms with Gasteiger partial charge < -0.3 is 32.5 Å². The third-order valence-corrected chi connectivity index (χ3v) is 19.9. The number of ether oxygens (including phenoxy) is 5. The predicted octanol–water partition coefficient (Wildman–Crippen LogP) is 7.07. The fraction of sp³-hybridized carbons (Fsp3) is 0.794. The minimum atomic E-state index is -2.38. The van der Waals surface area contributed by atoms with Gasteiger partial charge in [0.1, 0.15) is 24.9 Å². The molecule has 1 amide bonds. The molecule has 9 nitrogen and oxygen atoms in total. The van der Waals surface area contributed by atoms with Gasteiger partial charge in [-0.15, -0.1) is 0 Å². The van der Waals surface area contributed by atoms with Gasteiger partial charge in [0.05, 0.1) is 31.4 Å². The highest BCUT2D eigenvalue weighted by Crippen LogP contribution is 2.49. The van der Waals surface area contributed by atoms with Crippen molar-refractivity contribution in [3.63, 3.8) is 0 Å². The van der Waals surface area contributed by atoms with Gasteiger partial charge in [0.25, 0.3) is 0 Å². The molecule has 4 saturated heterocycles. The van der Waals surface area contributed by atoms with Gasteiger partial charge in [0, 0.05) is 5.92 Å². The summed E-state index contributed by atoms with van der Waals surface area (Å²) in [5.41, 5.74) is 0.936. The van der Waals surface area contributed by atoms with Crippen LogP contribution in [0.2, 0.25) is 36.3 Å². The van der Waals surface area contributed by atoms with Gasteiger partial charge in [-0.05, 0) is 62.1 Å². The molecule has 4 heterocycles. The minimum Gasteiger partial charge on any atom is -0.445 e. The van der Waals surface area contributed by atoms with Crippen LogP contribution >= 0.6 is 0 Å². The monoisotopic (exact) mass is 663 g/mol. The molecular formula is C34H57NO8Si2. The zero-order valence-corrected chi connectivity index (χ0v) is 31.5. The quantitative estimate of drug-likeness (QED) is 0.273. The Kier molecular flexibility index (Phi) is 9.56. The first kappa shape index (κ1) is 35.0. The first-order chi connectivity index (χ1) is 20.7. The normalized spacial score (nSPS) is 32.4. The standard InChI is InChI=1S/C34H57NO8Si2/c1-32(2,3)44(9,10)42-27(24-18-23-21-37-30(39-23)28(24)43-45(11,12)33(4,5)6)26-29-25(40-34(7,8)41-29)19-35(26)31(36)38-20-22-16-14-13-15-17-22/h13-17,23-30H,18-21H2,1-12H3/t23-,24+,25-,26+,27-,28-,29-,30+/m0/s1. The van der Waals surface area contributed by atoms with Crippen molar-refractivity contribution in [1.82, 2.24) is 4.90 Å². The lowest BCUT2D eigenvalue weighted by atomic mass is 9.83. The second kappa shape index (κ2) is 12.3. The van der Waals surface area contributed by atoms with E-state index in [1.807, 2.05) is 49.1 Å². The van der Waals surface area contributed by atoms with E-state index in [1.54, 1.807) is 0 Å². The molecule has 0 unspecified atom stereocenters. The maximum Gasteiger partial charge on any atom is 0.410 e. The molecule has 4 aliphatic rings. The molecule has 5 rings (SSSR count). The zero-order chi connectivity index (χ0) is 33.2. The van der Waals surface area contributed by atoms with Crippen LogP contribution in [0.3, 0.4) is 0 Å². The van der Waals surface area contributed by atoms with Crippen LogP contribution in [0, 0.1) is 5.92 Å². The highest BCUT2D eigenvalue weighted by molar-refractivity contribution is 6.74. The lowest BCUT2D eigenvalue weighted by Gasteiger charge is -2.50. The summed E-state index contributed by atoms with van der Waals surface area (Å²) in [7, 11) is -4.64. The van der Waals surface area contributed by atoms with Crippen molar-refractivity contribution >= 4 is 22.7 Å². The highest BCUT2D eigenvalue weighted by atomic mass is 28.4. The number of likely N-dealkylation sites (tertiary alicyclic amines) is 1. The number of fused-ring (bicyclic) bond motifs is 3. The van der Waals surface area contributed by atoms with Gasteiger partial charge in [0.15, 0.2) is 28.7 Å². The Morgan fingerprint density at radius 1 is 1.00 bits per heavy atom. The smallest absolute Gasteiger partial charge is 0.410 e.